The van der Waals surface area contributed by atoms with Crippen molar-refractivity contribution in [3.05, 3.63) is 131 Å². The summed E-state index contributed by atoms with van der Waals surface area (Å²) < 4.78 is 5.08. The van der Waals surface area contributed by atoms with E-state index in [1.165, 1.54) is 0 Å². The molecule has 0 unspecified atom stereocenters. The van der Waals surface area contributed by atoms with Gasteiger partial charge in [-0.15, -0.1) is 0 Å². The lowest BCUT2D eigenvalue weighted by molar-refractivity contribution is 0.103. The summed E-state index contributed by atoms with van der Waals surface area (Å²) in [4.78, 5) is 26.1. The summed E-state index contributed by atoms with van der Waals surface area (Å²) in [7, 11) is 5.55. The maximum Gasteiger partial charge on any atom is 0.193 e. The van der Waals surface area contributed by atoms with Gasteiger partial charge in [0.1, 0.15) is 5.75 Å². The number of rotatable bonds is 6. The number of ether oxygens (including phenoxy) is 1. The highest BCUT2D eigenvalue weighted by molar-refractivity contribution is 6.09. The molecule has 0 fully saturated rings. The number of methoxy groups -OCH3 is 1. The molecule has 0 atom stereocenters. The molecule has 0 heterocycles. The van der Waals surface area contributed by atoms with Crippen LogP contribution in [0.25, 0.3) is 0 Å². The van der Waals surface area contributed by atoms with E-state index in [-0.39, 0.29) is 11.6 Å². The van der Waals surface area contributed by atoms with Crippen molar-refractivity contribution >= 4 is 17.3 Å². The fourth-order valence-electron chi connectivity index (χ4n) is 3.17. The first-order chi connectivity index (χ1) is 16.0. The van der Waals surface area contributed by atoms with Gasteiger partial charge in [-0.3, -0.25) is 9.59 Å². The number of hydrogen-bond donors (Lipinski definition) is 0. The third-order valence-corrected chi connectivity index (χ3v) is 5.07. The Bertz CT molecular complexity index is 1130. The van der Waals surface area contributed by atoms with Crippen molar-refractivity contribution in [2.24, 2.45) is 0 Å². The zero-order valence-corrected chi connectivity index (χ0v) is 19.1. The summed E-state index contributed by atoms with van der Waals surface area (Å²) in [6, 6.07) is 33.3. The molecule has 0 saturated heterocycles. The molecule has 0 aliphatic rings. The van der Waals surface area contributed by atoms with Gasteiger partial charge in [-0.1, -0.05) is 60.7 Å². The standard InChI is InChI=1S/C16H17NO2.C13H10O/c1-17(2)14-8-4-12(5-9-14)16(18)13-6-10-15(19-3)11-7-13;14-13(11-7-3-1-4-8-11)12-9-5-2-6-10-12/h4-11H,1-3H3;1-10H. The first kappa shape index (κ1) is 23.5. The Morgan fingerprint density at radius 1 is 0.545 bits per heavy atom. The van der Waals surface area contributed by atoms with Gasteiger partial charge >= 0.3 is 0 Å². The average molecular weight is 438 g/mol. The van der Waals surface area contributed by atoms with Crippen LogP contribution in [0.2, 0.25) is 0 Å². The minimum Gasteiger partial charge on any atom is -0.497 e. The number of carbonyl (C=O) groups is 2. The molecule has 0 radical (unpaired) electrons. The fourth-order valence-corrected chi connectivity index (χ4v) is 3.17. The summed E-state index contributed by atoms with van der Waals surface area (Å²) in [6.07, 6.45) is 0. The van der Waals surface area contributed by atoms with Gasteiger partial charge in [0.25, 0.3) is 0 Å². The van der Waals surface area contributed by atoms with Crippen LogP contribution >= 0.6 is 0 Å². The van der Waals surface area contributed by atoms with E-state index in [1.54, 1.807) is 31.4 Å². The fraction of sp³-hybridized carbons (Fsp3) is 0.103. The Morgan fingerprint density at radius 2 is 0.909 bits per heavy atom. The Morgan fingerprint density at radius 3 is 1.27 bits per heavy atom. The molecule has 4 heteroatoms. The van der Waals surface area contributed by atoms with E-state index in [0.717, 1.165) is 22.6 Å². The van der Waals surface area contributed by atoms with E-state index in [2.05, 4.69) is 0 Å². The molecule has 0 bridgehead atoms. The topological polar surface area (TPSA) is 46.6 Å². The van der Waals surface area contributed by atoms with Crippen LogP contribution in [0.15, 0.2) is 109 Å². The molecule has 0 spiro atoms. The van der Waals surface area contributed by atoms with Gasteiger partial charge < -0.3 is 9.64 Å². The molecule has 0 aromatic heterocycles. The smallest absolute Gasteiger partial charge is 0.193 e. The van der Waals surface area contributed by atoms with Gasteiger partial charge in [0.15, 0.2) is 11.6 Å². The van der Waals surface area contributed by atoms with Crippen LogP contribution in [0.3, 0.4) is 0 Å². The quantitative estimate of drug-likeness (QED) is 0.352. The minimum atomic E-state index is 0.0213. The molecule has 0 aliphatic carbocycles. The van der Waals surface area contributed by atoms with Crippen molar-refractivity contribution in [2.75, 3.05) is 26.1 Å². The Labute approximate surface area is 195 Å². The van der Waals surface area contributed by atoms with Gasteiger partial charge in [-0.05, 0) is 48.5 Å². The molecule has 33 heavy (non-hydrogen) atoms. The van der Waals surface area contributed by atoms with Crippen LogP contribution in [-0.4, -0.2) is 32.8 Å². The summed E-state index contributed by atoms with van der Waals surface area (Å²) in [5.74, 6) is 0.846. The molecular formula is C29H27NO3. The van der Waals surface area contributed by atoms with Gasteiger partial charge in [-0.25, -0.2) is 0 Å². The third-order valence-electron chi connectivity index (χ3n) is 5.07. The van der Waals surface area contributed by atoms with Crippen LogP contribution in [0.5, 0.6) is 5.75 Å². The van der Waals surface area contributed by atoms with Gasteiger partial charge in [0, 0.05) is 42.0 Å². The molecular weight excluding hydrogens is 410 g/mol. The van der Waals surface area contributed by atoms with E-state index in [4.69, 9.17) is 4.74 Å². The van der Waals surface area contributed by atoms with Gasteiger partial charge in [-0.2, -0.15) is 0 Å². The van der Waals surface area contributed by atoms with Crippen molar-refractivity contribution in [1.29, 1.82) is 0 Å². The van der Waals surface area contributed by atoms with Crippen molar-refractivity contribution in [1.82, 2.24) is 0 Å². The highest BCUT2D eigenvalue weighted by atomic mass is 16.5. The van der Waals surface area contributed by atoms with Crippen LogP contribution in [-0.2, 0) is 0 Å². The monoisotopic (exact) mass is 437 g/mol. The van der Waals surface area contributed by atoms with Crippen LogP contribution in [0.4, 0.5) is 5.69 Å². The highest BCUT2D eigenvalue weighted by Crippen LogP contribution is 2.17. The third kappa shape index (κ3) is 6.40. The van der Waals surface area contributed by atoms with E-state index < -0.39 is 0 Å². The second-order valence-corrected chi connectivity index (χ2v) is 7.56. The summed E-state index contributed by atoms with van der Waals surface area (Å²) in [5, 5.41) is 0. The Kier molecular flexibility index (Phi) is 8.14. The molecule has 0 amide bonds. The molecule has 4 nitrogen and oxygen atoms in total. The van der Waals surface area contributed by atoms with E-state index in [1.807, 2.05) is 104 Å². The number of benzene rings is 4. The Hall–Kier alpha value is -4.18. The van der Waals surface area contributed by atoms with Crippen molar-refractivity contribution in [3.8, 4) is 5.75 Å². The summed E-state index contributed by atoms with van der Waals surface area (Å²) in [6.45, 7) is 0. The highest BCUT2D eigenvalue weighted by Gasteiger charge is 2.09. The first-order valence-electron chi connectivity index (χ1n) is 10.6. The zero-order valence-electron chi connectivity index (χ0n) is 19.1. The zero-order chi connectivity index (χ0) is 23.6. The predicted octanol–water partition coefficient (Wildman–Crippen LogP) is 5.91. The minimum absolute atomic E-state index is 0.0213. The predicted molar refractivity (Wildman–Crippen MR) is 134 cm³/mol. The molecule has 4 aromatic rings. The lowest BCUT2D eigenvalue weighted by Gasteiger charge is -2.12. The lowest BCUT2D eigenvalue weighted by atomic mass is 10.0. The maximum absolute atomic E-state index is 12.3. The van der Waals surface area contributed by atoms with Crippen molar-refractivity contribution in [2.45, 2.75) is 0 Å². The van der Waals surface area contributed by atoms with E-state index in [0.29, 0.717) is 11.1 Å². The number of anilines is 1. The molecule has 166 valence electrons. The van der Waals surface area contributed by atoms with Crippen LogP contribution < -0.4 is 9.64 Å². The maximum atomic E-state index is 12.3. The first-order valence-corrected chi connectivity index (χ1v) is 10.6. The van der Waals surface area contributed by atoms with Crippen molar-refractivity contribution in [3.63, 3.8) is 0 Å². The molecule has 4 aromatic carbocycles. The number of hydrogen-bond acceptors (Lipinski definition) is 4. The number of nitrogens with zero attached hydrogens (tertiary/aromatic N) is 1. The van der Waals surface area contributed by atoms with E-state index in [9.17, 15) is 9.59 Å². The number of ketones is 2. The van der Waals surface area contributed by atoms with Crippen LogP contribution in [0, 0.1) is 0 Å². The van der Waals surface area contributed by atoms with Crippen LogP contribution in [0.1, 0.15) is 31.8 Å². The molecule has 0 saturated carbocycles. The normalized spacial score (nSPS) is 9.91. The molecule has 4 rings (SSSR count). The van der Waals surface area contributed by atoms with Gasteiger partial charge in [0.2, 0.25) is 0 Å². The molecule has 0 N–H and O–H groups in total. The van der Waals surface area contributed by atoms with Crippen molar-refractivity contribution < 1.29 is 14.3 Å². The SMILES string of the molecule is COc1ccc(C(=O)c2ccc(N(C)C)cc2)cc1.O=C(c1ccccc1)c1ccccc1. The number of carbonyl (C=O) groups excluding carboxylic acids is 2. The average Bonchev–Trinajstić information content (AvgIpc) is 2.89. The second-order valence-electron chi connectivity index (χ2n) is 7.56. The molecule has 0 aliphatic heterocycles. The van der Waals surface area contributed by atoms with E-state index >= 15 is 0 Å². The summed E-state index contributed by atoms with van der Waals surface area (Å²) >= 11 is 0. The van der Waals surface area contributed by atoms with Gasteiger partial charge in [0.05, 0.1) is 7.11 Å². The summed E-state index contributed by atoms with van der Waals surface area (Å²) in [5.41, 5.74) is 3.90. The second kappa shape index (κ2) is 11.4. The lowest BCUT2D eigenvalue weighted by Crippen LogP contribution is -2.09. The Balaban J connectivity index is 0.000000194. The largest absolute Gasteiger partial charge is 0.497 e.